The van der Waals surface area contributed by atoms with Crippen LogP contribution < -0.4 is 5.32 Å². The summed E-state index contributed by atoms with van der Waals surface area (Å²) in [5.74, 6) is 0.231. The van der Waals surface area contributed by atoms with Crippen LogP contribution in [0.25, 0.3) is 0 Å². The number of hydrogen-bond donors (Lipinski definition) is 1. The first kappa shape index (κ1) is 18.4. The molecule has 2 fully saturated rings. The Bertz CT molecular complexity index is 686. The fourth-order valence-corrected chi connectivity index (χ4v) is 4.62. The van der Waals surface area contributed by atoms with E-state index < -0.39 is 0 Å². The van der Waals surface area contributed by atoms with Crippen LogP contribution in [0.2, 0.25) is 0 Å². The number of halogens is 1. The van der Waals surface area contributed by atoms with Gasteiger partial charge in [0.15, 0.2) is 0 Å². The molecule has 2 aromatic rings. The third kappa shape index (κ3) is 4.05. The van der Waals surface area contributed by atoms with E-state index in [9.17, 15) is 4.79 Å². The standard InChI is InChI=1S/C19H23N3OS.ClH/c23-18(10-15-2-1-6-21-12-15)22(13-16-3-9-24-14-16)17-11-19(17)4-7-20-8-5-19;/h1-3,6,9,12,14,17,20H,4-5,7-8,10-11,13H2;1H. The highest BCUT2D eigenvalue weighted by molar-refractivity contribution is 7.07. The summed E-state index contributed by atoms with van der Waals surface area (Å²) in [4.78, 5) is 19.3. The Morgan fingerprint density at radius 3 is 2.84 bits per heavy atom. The van der Waals surface area contributed by atoms with Crippen LogP contribution in [0, 0.1) is 5.41 Å². The molecule has 0 radical (unpaired) electrons. The Kier molecular flexibility index (Phi) is 5.77. The molecule has 0 bridgehead atoms. The third-order valence-electron chi connectivity index (χ3n) is 5.45. The first-order valence-corrected chi connectivity index (χ1v) is 9.61. The van der Waals surface area contributed by atoms with E-state index in [0.717, 1.165) is 31.6 Å². The number of pyridine rings is 1. The predicted octanol–water partition coefficient (Wildman–Crippen LogP) is 3.28. The monoisotopic (exact) mass is 377 g/mol. The molecule has 25 heavy (non-hydrogen) atoms. The second-order valence-corrected chi connectivity index (χ2v) is 7.80. The molecule has 4 rings (SSSR count). The van der Waals surface area contributed by atoms with Crippen LogP contribution in [0.4, 0.5) is 0 Å². The molecule has 0 aromatic carbocycles. The minimum atomic E-state index is 0. The molecule has 2 aromatic heterocycles. The van der Waals surface area contributed by atoms with E-state index in [2.05, 4.69) is 32.0 Å². The van der Waals surface area contributed by atoms with Crippen LogP contribution in [0.5, 0.6) is 0 Å². The van der Waals surface area contributed by atoms with Crippen LogP contribution in [0.3, 0.4) is 0 Å². The Labute approximate surface area is 159 Å². The number of rotatable bonds is 5. The van der Waals surface area contributed by atoms with Crippen molar-refractivity contribution in [3.63, 3.8) is 0 Å². The molecule has 1 saturated heterocycles. The molecule has 2 aliphatic rings. The maximum absolute atomic E-state index is 13.0. The zero-order valence-electron chi connectivity index (χ0n) is 14.2. The molecule has 1 atom stereocenters. The predicted molar refractivity (Wildman–Crippen MR) is 103 cm³/mol. The minimum absolute atomic E-state index is 0. The van der Waals surface area contributed by atoms with Crippen molar-refractivity contribution in [1.29, 1.82) is 0 Å². The average Bonchev–Trinajstić information content (AvgIpc) is 3.05. The summed E-state index contributed by atoms with van der Waals surface area (Å²) in [6.45, 7) is 2.90. The number of carbonyl (C=O) groups is 1. The molecule has 1 N–H and O–H groups in total. The van der Waals surface area contributed by atoms with E-state index in [0.29, 0.717) is 17.9 Å². The molecule has 3 heterocycles. The topological polar surface area (TPSA) is 45.2 Å². The van der Waals surface area contributed by atoms with Crippen LogP contribution in [-0.2, 0) is 17.8 Å². The molecule has 1 saturated carbocycles. The van der Waals surface area contributed by atoms with Crippen LogP contribution in [0.1, 0.15) is 30.4 Å². The Hall–Kier alpha value is -1.43. The summed E-state index contributed by atoms with van der Waals surface area (Å²) >= 11 is 1.70. The van der Waals surface area contributed by atoms with Gasteiger partial charge in [0.1, 0.15) is 0 Å². The van der Waals surface area contributed by atoms with Crippen molar-refractivity contribution in [1.82, 2.24) is 15.2 Å². The molecule has 1 unspecified atom stereocenters. The van der Waals surface area contributed by atoms with Gasteiger partial charge in [-0.25, -0.2) is 0 Å². The van der Waals surface area contributed by atoms with E-state index in [1.165, 1.54) is 18.4 Å². The lowest BCUT2D eigenvalue weighted by Gasteiger charge is -2.29. The fourth-order valence-electron chi connectivity index (χ4n) is 3.96. The number of piperidine rings is 1. The molecule has 1 aliphatic carbocycles. The maximum atomic E-state index is 13.0. The normalized spacial score (nSPS) is 20.7. The van der Waals surface area contributed by atoms with Crippen molar-refractivity contribution < 1.29 is 4.79 Å². The van der Waals surface area contributed by atoms with Crippen molar-refractivity contribution in [2.75, 3.05) is 13.1 Å². The molecule has 1 spiro atoms. The summed E-state index contributed by atoms with van der Waals surface area (Å²) in [5.41, 5.74) is 2.61. The van der Waals surface area contributed by atoms with Crippen molar-refractivity contribution in [3.05, 3.63) is 52.5 Å². The molecule has 4 nitrogen and oxygen atoms in total. The Morgan fingerprint density at radius 2 is 2.16 bits per heavy atom. The molecular formula is C19H24ClN3OS. The lowest BCUT2D eigenvalue weighted by atomic mass is 9.93. The van der Waals surface area contributed by atoms with Crippen molar-refractivity contribution in [2.24, 2.45) is 5.41 Å². The van der Waals surface area contributed by atoms with E-state index >= 15 is 0 Å². The van der Waals surface area contributed by atoms with Crippen molar-refractivity contribution in [3.8, 4) is 0 Å². The lowest BCUT2D eigenvalue weighted by molar-refractivity contribution is -0.132. The number of nitrogens with one attached hydrogen (secondary N) is 1. The van der Waals surface area contributed by atoms with E-state index in [4.69, 9.17) is 0 Å². The highest BCUT2D eigenvalue weighted by atomic mass is 35.5. The highest BCUT2D eigenvalue weighted by Gasteiger charge is 2.57. The van der Waals surface area contributed by atoms with Crippen molar-refractivity contribution in [2.45, 2.75) is 38.3 Å². The average molecular weight is 378 g/mol. The quantitative estimate of drug-likeness (QED) is 0.869. The van der Waals surface area contributed by atoms with Crippen molar-refractivity contribution >= 4 is 29.7 Å². The SMILES string of the molecule is Cl.O=C(Cc1cccnc1)N(Cc1ccsc1)C1CC12CCNCC2. The van der Waals surface area contributed by atoms with E-state index in [1.807, 2.05) is 12.1 Å². The van der Waals surface area contributed by atoms with E-state index in [1.54, 1.807) is 23.7 Å². The zero-order valence-corrected chi connectivity index (χ0v) is 15.8. The molecule has 1 amide bonds. The highest BCUT2D eigenvalue weighted by Crippen LogP contribution is 2.56. The van der Waals surface area contributed by atoms with Crippen LogP contribution in [-0.4, -0.2) is 34.9 Å². The number of hydrogen-bond acceptors (Lipinski definition) is 4. The van der Waals surface area contributed by atoms with Gasteiger partial charge in [-0.15, -0.1) is 12.4 Å². The summed E-state index contributed by atoms with van der Waals surface area (Å²) in [6, 6.07) is 6.42. The van der Waals surface area contributed by atoms with Gasteiger partial charge in [-0.2, -0.15) is 11.3 Å². The summed E-state index contributed by atoms with van der Waals surface area (Å²) < 4.78 is 0. The third-order valence-corrected chi connectivity index (χ3v) is 6.19. The fraction of sp³-hybridized carbons (Fsp3) is 0.474. The number of amides is 1. The Morgan fingerprint density at radius 1 is 1.32 bits per heavy atom. The second-order valence-electron chi connectivity index (χ2n) is 7.02. The number of carbonyl (C=O) groups excluding carboxylic acids is 1. The second kappa shape index (κ2) is 7.85. The number of nitrogens with zero attached hydrogens (tertiary/aromatic N) is 2. The van der Waals surface area contributed by atoms with Crippen LogP contribution in [0.15, 0.2) is 41.4 Å². The van der Waals surface area contributed by atoms with Gasteiger partial charge in [0.05, 0.1) is 6.42 Å². The number of thiophene rings is 1. The van der Waals surface area contributed by atoms with E-state index in [-0.39, 0.29) is 18.3 Å². The van der Waals surface area contributed by atoms with Gasteiger partial charge in [0.25, 0.3) is 0 Å². The largest absolute Gasteiger partial charge is 0.334 e. The van der Waals surface area contributed by atoms with Gasteiger partial charge < -0.3 is 10.2 Å². The van der Waals surface area contributed by atoms with Gasteiger partial charge in [-0.3, -0.25) is 9.78 Å². The molecule has 6 heteroatoms. The summed E-state index contributed by atoms with van der Waals surface area (Å²) in [7, 11) is 0. The van der Waals surface area contributed by atoms with Gasteiger partial charge in [-0.1, -0.05) is 6.07 Å². The molecule has 134 valence electrons. The first-order valence-electron chi connectivity index (χ1n) is 8.67. The molecular weight excluding hydrogens is 354 g/mol. The zero-order chi connectivity index (χ0) is 16.4. The maximum Gasteiger partial charge on any atom is 0.227 e. The van der Waals surface area contributed by atoms with Gasteiger partial charge >= 0.3 is 0 Å². The first-order chi connectivity index (χ1) is 11.8. The number of aromatic nitrogens is 1. The summed E-state index contributed by atoms with van der Waals surface area (Å²) in [5, 5.41) is 7.69. The van der Waals surface area contributed by atoms with Crippen LogP contribution >= 0.6 is 23.7 Å². The van der Waals surface area contributed by atoms with Gasteiger partial charge in [0.2, 0.25) is 5.91 Å². The molecule has 1 aliphatic heterocycles. The smallest absolute Gasteiger partial charge is 0.227 e. The van der Waals surface area contributed by atoms with Gasteiger partial charge in [0, 0.05) is 25.0 Å². The Balaban J connectivity index is 0.00000182. The minimum Gasteiger partial charge on any atom is -0.334 e. The lowest BCUT2D eigenvalue weighted by Crippen LogP contribution is -2.39. The van der Waals surface area contributed by atoms with Gasteiger partial charge in [-0.05, 0) is 71.8 Å². The summed E-state index contributed by atoms with van der Waals surface area (Å²) in [6.07, 6.45) is 7.55.